The lowest BCUT2D eigenvalue weighted by atomic mass is 10.2. The van der Waals surface area contributed by atoms with Crippen molar-refractivity contribution < 1.29 is 22.7 Å². The molecule has 0 N–H and O–H groups in total. The van der Waals surface area contributed by atoms with E-state index in [1.165, 1.54) is 17.2 Å². The van der Waals surface area contributed by atoms with Crippen molar-refractivity contribution in [1.29, 1.82) is 0 Å². The van der Waals surface area contributed by atoms with Crippen LogP contribution in [0.3, 0.4) is 0 Å². The van der Waals surface area contributed by atoms with Gasteiger partial charge in [-0.05, 0) is 11.6 Å². The van der Waals surface area contributed by atoms with Crippen LogP contribution in [0.15, 0.2) is 30.1 Å². The van der Waals surface area contributed by atoms with Crippen molar-refractivity contribution in [1.82, 2.24) is 9.88 Å². The summed E-state index contributed by atoms with van der Waals surface area (Å²) >= 11 is 5.67. The summed E-state index contributed by atoms with van der Waals surface area (Å²) in [7, 11) is 0. The van der Waals surface area contributed by atoms with Crippen molar-refractivity contribution in [2.45, 2.75) is 19.1 Å². The zero-order chi connectivity index (χ0) is 15.5. The third-order valence-corrected chi connectivity index (χ3v) is 3.10. The molecule has 0 spiro atoms. The van der Waals surface area contributed by atoms with E-state index in [0.29, 0.717) is 16.4 Å². The molecule has 8 heteroatoms. The summed E-state index contributed by atoms with van der Waals surface area (Å²) in [5, 5.41) is 0.305. The monoisotopic (exact) mass is 320 g/mol. The lowest BCUT2D eigenvalue weighted by Gasteiger charge is -2.25. The third kappa shape index (κ3) is 4.93. The fourth-order valence-electron chi connectivity index (χ4n) is 1.85. The van der Waals surface area contributed by atoms with E-state index in [4.69, 9.17) is 16.3 Å². The highest BCUT2D eigenvalue weighted by Gasteiger charge is 2.29. The van der Waals surface area contributed by atoms with Crippen molar-refractivity contribution in [2.75, 3.05) is 13.2 Å². The Balaban J connectivity index is 2.09. The second-order valence-corrected chi connectivity index (χ2v) is 4.91. The first-order valence-corrected chi connectivity index (χ1v) is 6.51. The van der Waals surface area contributed by atoms with Gasteiger partial charge < -0.3 is 9.64 Å². The summed E-state index contributed by atoms with van der Waals surface area (Å²) in [5.41, 5.74) is 1.13. The van der Waals surface area contributed by atoms with Crippen LogP contribution in [-0.4, -0.2) is 35.2 Å². The maximum atomic E-state index is 12.4. The first-order chi connectivity index (χ1) is 9.83. The molecule has 114 valence electrons. The molecule has 2 heterocycles. The number of pyridine rings is 1. The van der Waals surface area contributed by atoms with Gasteiger partial charge in [-0.15, -0.1) is 0 Å². The normalized spacial score (nSPS) is 14.9. The minimum atomic E-state index is -4.26. The lowest BCUT2D eigenvalue weighted by Crippen LogP contribution is -2.28. The van der Waals surface area contributed by atoms with E-state index in [1.807, 2.05) is 0 Å². The fraction of sp³-hybridized carbons (Fsp3) is 0.385. The van der Waals surface area contributed by atoms with Gasteiger partial charge in [-0.25, -0.2) is 9.78 Å². The number of hydrogen-bond acceptors (Lipinski definition) is 4. The molecule has 0 bridgehead atoms. The zero-order valence-electron chi connectivity index (χ0n) is 10.9. The number of cyclic esters (lactones) is 1. The molecule has 21 heavy (non-hydrogen) atoms. The van der Waals surface area contributed by atoms with Crippen LogP contribution in [0.5, 0.6) is 0 Å². The first kappa shape index (κ1) is 15.6. The number of rotatable bonds is 5. The van der Waals surface area contributed by atoms with E-state index >= 15 is 0 Å². The van der Waals surface area contributed by atoms with E-state index in [9.17, 15) is 18.0 Å². The molecule has 1 aliphatic heterocycles. The predicted octanol–water partition coefficient (Wildman–Crippen LogP) is 2.93. The number of carbonyl (C=O) groups excluding carboxylic acids is 1. The van der Waals surface area contributed by atoms with Crippen LogP contribution in [0.2, 0.25) is 5.15 Å². The summed E-state index contributed by atoms with van der Waals surface area (Å²) in [6.07, 6.45) is -2.54. The number of nitrogens with zero attached hydrogens (tertiary/aromatic N) is 2. The second kappa shape index (κ2) is 6.34. The Bertz CT molecular complexity index is 543. The Hall–Kier alpha value is -1.76. The Morgan fingerprint density at radius 3 is 2.67 bits per heavy atom. The molecule has 0 aliphatic carbocycles. The van der Waals surface area contributed by atoms with Crippen LogP contribution in [0.1, 0.15) is 12.0 Å². The topological polar surface area (TPSA) is 42.4 Å². The van der Waals surface area contributed by atoms with Gasteiger partial charge in [0.25, 0.3) is 0 Å². The molecule has 0 unspecified atom stereocenters. The summed E-state index contributed by atoms with van der Waals surface area (Å²) in [4.78, 5) is 16.4. The number of esters is 1. The molecule has 1 aromatic rings. The Labute approximate surface area is 124 Å². The quantitative estimate of drug-likeness (QED) is 0.618. The van der Waals surface area contributed by atoms with Gasteiger partial charge >= 0.3 is 12.1 Å². The Morgan fingerprint density at radius 2 is 2.14 bits per heavy atom. The van der Waals surface area contributed by atoms with Gasteiger partial charge in [0.2, 0.25) is 0 Å². The van der Waals surface area contributed by atoms with Crippen molar-refractivity contribution in [3.8, 4) is 0 Å². The molecule has 0 fully saturated rings. The highest BCUT2D eigenvalue weighted by Crippen LogP contribution is 2.23. The average molecular weight is 321 g/mol. The lowest BCUT2D eigenvalue weighted by molar-refractivity contribution is -0.138. The molecule has 1 aromatic heterocycles. The number of ether oxygens (including phenoxy) is 1. The van der Waals surface area contributed by atoms with Gasteiger partial charge in [0, 0.05) is 25.4 Å². The molecule has 0 saturated carbocycles. The third-order valence-electron chi connectivity index (χ3n) is 2.88. The molecular weight excluding hydrogens is 309 g/mol. The molecule has 0 amide bonds. The minimum absolute atomic E-state index is 0.0162. The van der Waals surface area contributed by atoms with Crippen LogP contribution in [0.4, 0.5) is 13.2 Å². The Morgan fingerprint density at radius 1 is 1.38 bits per heavy atom. The smallest absolute Gasteiger partial charge is 0.390 e. The van der Waals surface area contributed by atoms with Crippen LogP contribution in [-0.2, 0) is 16.1 Å². The van der Waals surface area contributed by atoms with E-state index < -0.39 is 18.6 Å². The summed E-state index contributed by atoms with van der Waals surface area (Å²) in [6.45, 7) is -0.0744. The van der Waals surface area contributed by atoms with Gasteiger partial charge in [-0.1, -0.05) is 17.7 Å². The van der Waals surface area contributed by atoms with Gasteiger partial charge in [0.15, 0.2) is 0 Å². The summed E-state index contributed by atoms with van der Waals surface area (Å²) in [5.74, 6) is -0.545. The van der Waals surface area contributed by atoms with E-state index in [0.717, 1.165) is 0 Å². The summed E-state index contributed by atoms with van der Waals surface area (Å²) in [6, 6.07) is 3.23. The number of hydrogen-bond donors (Lipinski definition) is 0. The fourth-order valence-corrected chi connectivity index (χ4v) is 1.97. The van der Waals surface area contributed by atoms with Gasteiger partial charge in [0.1, 0.15) is 11.8 Å². The average Bonchev–Trinajstić information content (AvgIpc) is 2.82. The van der Waals surface area contributed by atoms with Gasteiger partial charge in [-0.2, -0.15) is 13.2 Å². The van der Waals surface area contributed by atoms with Crippen LogP contribution >= 0.6 is 11.6 Å². The van der Waals surface area contributed by atoms with E-state index in [1.54, 1.807) is 12.1 Å². The largest absolute Gasteiger partial charge is 0.456 e. The van der Waals surface area contributed by atoms with Crippen molar-refractivity contribution in [3.63, 3.8) is 0 Å². The molecule has 4 nitrogen and oxygen atoms in total. The number of aromatic nitrogens is 1. The predicted molar refractivity (Wildman–Crippen MR) is 69.4 cm³/mol. The molecule has 0 aromatic carbocycles. The SMILES string of the molecule is O=C1C=C(N(CCC(F)(F)F)Cc2ccc(Cl)nc2)CO1. The van der Waals surface area contributed by atoms with Crippen molar-refractivity contribution in [2.24, 2.45) is 0 Å². The maximum absolute atomic E-state index is 12.4. The van der Waals surface area contributed by atoms with Crippen LogP contribution in [0.25, 0.3) is 0 Å². The maximum Gasteiger partial charge on any atom is 0.390 e. The molecular formula is C13H12ClF3N2O2. The highest BCUT2D eigenvalue weighted by atomic mass is 35.5. The van der Waals surface area contributed by atoms with Crippen molar-refractivity contribution in [3.05, 3.63) is 40.8 Å². The van der Waals surface area contributed by atoms with Crippen LogP contribution in [0, 0.1) is 0 Å². The molecule has 0 atom stereocenters. The first-order valence-electron chi connectivity index (χ1n) is 6.13. The number of alkyl halides is 3. The molecule has 2 rings (SSSR count). The van der Waals surface area contributed by atoms with Crippen molar-refractivity contribution >= 4 is 17.6 Å². The molecule has 0 saturated heterocycles. The highest BCUT2D eigenvalue weighted by molar-refractivity contribution is 6.29. The number of carbonyl (C=O) groups is 1. The molecule has 0 radical (unpaired) electrons. The van der Waals surface area contributed by atoms with Gasteiger partial charge in [0.05, 0.1) is 12.1 Å². The zero-order valence-corrected chi connectivity index (χ0v) is 11.6. The van der Waals surface area contributed by atoms with E-state index in [-0.39, 0.29) is 19.7 Å². The Kier molecular flexibility index (Phi) is 4.72. The number of halogens is 4. The molecule has 1 aliphatic rings. The van der Waals surface area contributed by atoms with Gasteiger partial charge in [-0.3, -0.25) is 0 Å². The minimum Gasteiger partial charge on any atom is -0.456 e. The summed E-state index contributed by atoms with van der Waals surface area (Å²) < 4.78 is 41.9. The van der Waals surface area contributed by atoms with E-state index in [2.05, 4.69) is 4.98 Å². The second-order valence-electron chi connectivity index (χ2n) is 4.52. The van der Waals surface area contributed by atoms with Crippen LogP contribution < -0.4 is 0 Å². The standard InChI is InChI=1S/C13H12ClF3N2O2/c14-11-2-1-9(6-18-11)7-19(4-3-13(15,16)17)10-5-12(20)21-8-10/h1-2,5-6H,3-4,7-8H2.